The highest BCUT2D eigenvalue weighted by molar-refractivity contribution is 5.93. The zero-order valence-electron chi connectivity index (χ0n) is 16.7. The van der Waals surface area contributed by atoms with E-state index in [0.29, 0.717) is 24.5 Å². The zero-order valence-corrected chi connectivity index (χ0v) is 16.7. The number of benzene rings is 2. The number of hydrogen-bond acceptors (Lipinski definition) is 6. The molecule has 0 aliphatic heterocycles. The molecule has 0 spiro atoms. The lowest BCUT2D eigenvalue weighted by Crippen LogP contribution is -2.24. The molecule has 0 unspecified atom stereocenters. The Morgan fingerprint density at radius 3 is 2.71 bits per heavy atom. The number of nitrogens with zero attached hydrogens (tertiary/aromatic N) is 6. The van der Waals surface area contributed by atoms with Gasteiger partial charge in [-0.3, -0.25) is 19.6 Å². The highest BCUT2D eigenvalue weighted by Crippen LogP contribution is 2.18. The van der Waals surface area contributed by atoms with Crippen molar-refractivity contribution in [3.05, 3.63) is 99.6 Å². The first-order valence-corrected chi connectivity index (χ1v) is 9.52. The summed E-state index contributed by atoms with van der Waals surface area (Å²) in [6.45, 7) is 2.67. The van der Waals surface area contributed by atoms with Gasteiger partial charge in [0, 0.05) is 31.1 Å². The van der Waals surface area contributed by atoms with Gasteiger partial charge < -0.3 is 5.32 Å². The predicted octanol–water partition coefficient (Wildman–Crippen LogP) is 2.66. The molecular weight excluding hydrogens is 398 g/mol. The largest absolute Gasteiger partial charge is 0.347 e. The third kappa shape index (κ3) is 4.47. The lowest BCUT2D eigenvalue weighted by molar-refractivity contribution is -0.384. The molecule has 0 atom stereocenters. The second-order valence-electron chi connectivity index (χ2n) is 6.92. The van der Waals surface area contributed by atoms with Crippen molar-refractivity contribution < 1.29 is 9.72 Å². The standard InChI is InChI=1S/C21H19N7O3/c1-15-20(24-25-27(15)18-7-3-8-19(12-18)28(30)31)21(29)22-13-16-5-2-6-17(11-16)14-26-10-4-9-23-26/h2-12H,13-14H2,1H3,(H,22,29). The number of nitro groups is 1. The summed E-state index contributed by atoms with van der Waals surface area (Å²) in [4.78, 5) is 23.2. The van der Waals surface area contributed by atoms with Gasteiger partial charge in [0.15, 0.2) is 5.69 Å². The Labute approximate surface area is 177 Å². The van der Waals surface area contributed by atoms with Crippen LogP contribution in [0.2, 0.25) is 0 Å². The molecule has 2 heterocycles. The van der Waals surface area contributed by atoms with Crippen molar-refractivity contribution in [3.8, 4) is 5.69 Å². The fourth-order valence-electron chi connectivity index (χ4n) is 3.21. The van der Waals surface area contributed by atoms with Crippen LogP contribution in [0, 0.1) is 17.0 Å². The number of nitrogens with one attached hydrogen (secondary N) is 1. The summed E-state index contributed by atoms with van der Waals surface area (Å²) >= 11 is 0. The van der Waals surface area contributed by atoms with Crippen LogP contribution in [0.1, 0.15) is 27.3 Å². The smallest absolute Gasteiger partial charge is 0.274 e. The molecule has 1 amide bonds. The van der Waals surface area contributed by atoms with Crippen molar-refractivity contribution in [2.45, 2.75) is 20.0 Å². The van der Waals surface area contributed by atoms with E-state index >= 15 is 0 Å². The average molecular weight is 417 g/mol. The highest BCUT2D eigenvalue weighted by Gasteiger charge is 2.18. The van der Waals surface area contributed by atoms with E-state index in [1.165, 1.54) is 16.8 Å². The van der Waals surface area contributed by atoms with E-state index in [1.807, 2.05) is 41.2 Å². The van der Waals surface area contributed by atoms with Crippen molar-refractivity contribution in [1.29, 1.82) is 0 Å². The van der Waals surface area contributed by atoms with Gasteiger partial charge in [-0.2, -0.15) is 5.10 Å². The number of nitro benzene ring substituents is 1. The molecule has 0 saturated heterocycles. The third-order valence-corrected chi connectivity index (χ3v) is 4.74. The molecule has 0 aliphatic rings. The summed E-state index contributed by atoms with van der Waals surface area (Å²) in [5, 5.41) is 26.0. The molecule has 0 aliphatic carbocycles. The number of aromatic nitrogens is 5. The summed E-state index contributed by atoms with van der Waals surface area (Å²) in [6, 6.07) is 15.7. The minimum atomic E-state index is -0.482. The van der Waals surface area contributed by atoms with Crippen LogP contribution in [0.5, 0.6) is 0 Å². The zero-order chi connectivity index (χ0) is 21.8. The van der Waals surface area contributed by atoms with E-state index in [4.69, 9.17) is 0 Å². The molecule has 0 radical (unpaired) electrons. The van der Waals surface area contributed by atoms with Gasteiger partial charge >= 0.3 is 0 Å². The van der Waals surface area contributed by atoms with E-state index in [0.717, 1.165) is 11.1 Å². The lowest BCUT2D eigenvalue weighted by atomic mass is 10.1. The molecule has 156 valence electrons. The first-order chi connectivity index (χ1) is 15.0. The molecule has 0 fully saturated rings. The minimum Gasteiger partial charge on any atom is -0.347 e. The Bertz CT molecular complexity index is 1230. The van der Waals surface area contributed by atoms with Gasteiger partial charge in [0.1, 0.15) is 0 Å². The number of non-ortho nitro benzene ring substituents is 1. The van der Waals surface area contributed by atoms with Crippen LogP contribution in [-0.2, 0) is 13.1 Å². The van der Waals surface area contributed by atoms with Crippen LogP contribution in [0.25, 0.3) is 5.69 Å². The Balaban J connectivity index is 1.45. The van der Waals surface area contributed by atoms with E-state index in [-0.39, 0.29) is 17.3 Å². The summed E-state index contributed by atoms with van der Waals surface area (Å²) in [6.07, 6.45) is 3.62. The fourth-order valence-corrected chi connectivity index (χ4v) is 3.21. The molecule has 4 rings (SSSR count). The Hall–Kier alpha value is -4.34. The summed E-state index contributed by atoms with van der Waals surface area (Å²) in [5.74, 6) is -0.369. The van der Waals surface area contributed by atoms with Gasteiger partial charge in [-0.05, 0) is 30.2 Å². The lowest BCUT2D eigenvalue weighted by Gasteiger charge is -2.07. The van der Waals surface area contributed by atoms with Gasteiger partial charge in [-0.25, -0.2) is 4.68 Å². The van der Waals surface area contributed by atoms with Gasteiger partial charge in [0.2, 0.25) is 0 Å². The van der Waals surface area contributed by atoms with Crippen LogP contribution in [0.3, 0.4) is 0 Å². The van der Waals surface area contributed by atoms with Crippen molar-refractivity contribution in [1.82, 2.24) is 30.1 Å². The van der Waals surface area contributed by atoms with Crippen molar-refractivity contribution in [2.75, 3.05) is 0 Å². The van der Waals surface area contributed by atoms with Gasteiger partial charge in [0.25, 0.3) is 11.6 Å². The number of amides is 1. The van der Waals surface area contributed by atoms with Crippen LogP contribution in [-0.4, -0.2) is 35.6 Å². The van der Waals surface area contributed by atoms with Gasteiger partial charge in [0.05, 0.1) is 22.8 Å². The van der Waals surface area contributed by atoms with Crippen molar-refractivity contribution in [3.63, 3.8) is 0 Å². The molecular formula is C21H19N7O3. The second-order valence-corrected chi connectivity index (χ2v) is 6.92. The predicted molar refractivity (Wildman–Crippen MR) is 112 cm³/mol. The van der Waals surface area contributed by atoms with E-state index < -0.39 is 4.92 Å². The van der Waals surface area contributed by atoms with Crippen molar-refractivity contribution >= 4 is 11.6 Å². The minimum absolute atomic E-state index is 0.0617. The first kappa shape index (κ1) is 20.0. The Kier molecular flexibility index (Phi) is 5.52. The summed E-state index contributed by atoms with van der Waals surface area (Å²) < 4.78 is 3.24. The van der Waals surface area contributed by atoms with E-state index in [9.17, 15) is 14.9 Å². The average Bonchev–Trinajstić information content (AvgIpc) is 3.42. The van der Waals surface area contributed by atoms with Gasteiger partial charge in [-0.1, -0.05) is 35.5 Å². The second kappa shape index (κ2) is 8.57. The van der Waals surface area contributed by atoms with Crippen LogP contribution < -0.4 is 5.32 Å². The molecule has 10 heteroatoms. The number of carbonyl (C=O) groups is 1. The van der Waals surface area contributed by atoms with Crippen LogP contribution >= 0.6 is 0 Å². The SMILES string of the molecule is Cc1c(C(=O)NCc2cccc(Cn3cccn3)c2)nnn1-c1cccc([N+](=O)[O-])c1. The molecule has 1 N–H and O–H groups in total. The van der Waals surface area contributed by atoms with Gasteiger partial charge in [-0.15, -0.1) is 5.10 Å². The Morgan fingerprint density at radius 1 is 1.13 bits per heavy atom. The monoisotopic (exact) mass is 417 g/mol. The maximum absolute atomic E-state index is 12.7. The summed E-state index contributed by atoms with van der Waals surface area (Å²) in [7, 11) is 0. The molecule has 2 aromatic heterocycles. The molecule has 4 aromatic rings. The Morgan fingerprint density at radius 2 is 1.94 bits per heavy atom. The molecule has 31 heavy (non-hydrogen) atoms. The van der Waals surface area contributed by atoms with Crippen LogP contribution in [0.15, 0.2) is 67.0 Å². The normalized spacial score (nSPS) is 10.7. The highest BCUT2D eigenvalue weighted by atomic mass is 16.6. The van der Waals surface area contributed by atoms with E-state index in [1.54, 1.807) is 25.3 Å². The maximum Gasteiger partial charge on any atom is 0.274 e. The molecule has 0 bridgehead atoms. The first-order valence-electron chi connectivity index (χ1n) is 9.52. The molecule has 0 saturated carbocycles. The molecule has 2 aromatic carbocycles. The third-order valence-electron chi connectivity index (χ3n) is 4.74. The van der Waals surface area contributed by atoms with E-state index in [2.05, 4.69) is 20.7 Å². The fraction of sp³-hybridized carbons (Fsp3) is 0.143. The van der Waals surface area contributed by atoms with Crippen molar-refractivity contribution in [2.24, 2.45) is 0 Å². The number of hydrogen-bond donors (Lipinski definition) is 1. The quantitative estimate of drug-likeness (QED) is 0.364. The number of carbonyl (C=O) groups excluding carboxylic acids is 1. The topological polar surface area (TPSA) is 121 Å². The number of rotatable bonds is 7. The van der Waals surface area contributed by atoms with Crippen LogP contribution in [0.4, 0.5) is 5.69 Å². The molecule has 10 nitrogen and oxygen atoms in total. The maximum atomic E-state index is 12.7. The summed E-state index contributed by atoms with van der Waals surface area (Å²) in [5.41, 5.74) is 3.08.